The Bertz CT molecular complexity index is 843. The molecule has 0 aliphatic carbocycles. The van der Waals surface area contributed by atoms with Gasteiger partial charge >= 0.3 is 0 Å². The standard InChI is InChI=1S/C18H21N5O2S/c1-13(2)14-6-8-15(9-7-14)23-18(19-20-21-23)26-12-17(24)22(3)11-16-5-4-10-25-16/h4-10,13H,11-12H2,1-3H3. The third-order valence-corrected chi connectivity index (χ3v) is 4.87. The summed E-state index contributed by atoms with van der Waals surface area (Å²) < 4.78 is 6.92. The summed E-state index contributed by atoms with van der Waals surface area (Å²) in [5.74, 6) is 1.45. The van der Waals surface area contributed by atoms with Crippen LogP contribution in [0.5, 0.6) is 0 Å². The van der Waals surface area contributed by atoms with Gasteiger partial charge in [0, 0.05) is 7.05 Å². The molecule has 0 aliphatic rings. The molecule has 3 aromatic rings. The van der Waals surface area contributed by atoms with Gasteiger partial charge in [0.15, 0.2) is 0 Å². The summed E-state index contributed by atoms with van der Waals surface area (Å²) in [6, 6.07) is 11.8. The number of thioether (sulfide) groups is 1. The lowest BCUT2D eigenvalue weighted by Gasteiger charge is -2.15. The molecule has 26 heavy (non-hydrogen) atoms. The average molecular weight is 371 g/mol. The van der Waals surface area contributed by atoms with Gasteiger partial charge in [0.05, 0.1) is 24.2 Å². The molecule has 0 N–H and O–H groups in total. The highest BCUT2D eigenvalue weighted by molar-refractivity contribution is 7.99. The van der Waals surface area contributed by atoms with Crippen LogP contribution in [0.15, 0.2) is 52.2 Å². The van der Waals surface area contributed by atoms with Gasteiger partial charge in [-0.15, -0.1) is 5.10 Å². The molecule has 2 aromatic heterocycles. The first kappa shape index (κ1) is 18.2. The zero-order chi connectivity index (χ0) is 18.5. The van der Waals surface area contributed by atoms with E-state index in [2.05, 4.69) is 41.5 Å². The molecule has 1 amide bonds. The molecule has 0 saturated carbocycles. The minimum absolute atomic E-state index is 0.0175. The number of amides is 1. The molecule has 3 rings (SSSR count). The van der Waals surface area contributed by atoms with Crippen LogP contribution < -0.4 is 0 Å². The summed E-state index contributed by atoms with van der Waals surface area (Å²) in [5, 5.41) is 12.4. The van der Waals surface area contributed by atoms with E-state index in [0.29, 0.717) is 17.6 Å². The molecule has 0 fully saturated rings. The van der Waals surface area contributed by atoms with Crippen LogP contribution in [-0.2, 0) is 11.3 Å². The van der Waals surface area contributed by atoms with Gasteiger partial charge in [-0.2, -0.15) is 4.68 Å². The van der Waals surface area contributed by atoms with Crippen molar-refractivity contribution in [2.75, 3.05) is 12.8 Å². The lowest BCUT2D eigenvalue weighted by molar-refractivity contribution is -0.127. The molecule has 2 heterocycles. The summed E-state index contributed by atoms with van der Waals surface area (Å²) in [6.45, 7) is 4.74. The van der Waals surface area contributed by atoms with E-state index in [0.717, 1.165) is 11.4 Å². The largest absolute Gasteiger partial charge is 0.467 e. The maximum absolute atomic E-state index is 12.3. The third kappa shape index (κ3) is 4.32. The first-order chi connectivity index (χ1) is 12.5. The molecule has 0 aliphatic heterocycles. The van der Waals surface area contributed by atoms with Crippen molar-refractivity contribution < 1.29 is 9.21 Å². The average Bonchev–Trinajstić information content (AvgIpc) is 3.31. The fourth-order valence-electron chi connectivity index (χ4n) is 2.39. The normalized spacial score (nSPS) is 11.1. The van der Waals surface area contributed by atoms with Crippen molar-refractivity contribution in [3.05, 3.63) is 54.0 Å². The van der Waals surface area contributed by atoms with Gasteiger partial charge in [0.2, 0.25) is 11.1 Å². The Hall–Kier alpha value is -2.61. The van der Waals surface area contributed by atoms with Gasteiger partial charge in [-0.1, -0.05) is 37.7 Å². The number of carbonyl (C=O) groups is 1. The number of hydrogen-bond donors (Lipinski definition) is 0. The number of hydrogen-bond acceptors (Lipinski definition) is 6. The molecule has 0 bridgehead atoms. The highest BCUT2D eigenvalue weighted by atomic mass is 32.2. The maximum atomic E-state index is 12.3. The zero-order valence-corrected chi connectivity index (χ0v) is 15.8. The second-order valence-electron chi connectivity index (χ2n) is 6.24. The Morgan fingerprint density at radius 2 is 2.04 bits per heavy atom. The Kier molecular flexibility index (Phi) is 5.72. The van der Waals surface area contributed by atoms with Crippen molar-refractivity contribution >= 4 is 17.7 Å². The van der Waals surface area contributed by atoms with Gasteiger partial charge in [0.25, 0.3) is 0 Å². The van der Waals surface area contributed by atoms with Crippen molar-refractivity contribution in [2.24, 2.45) is 0 Å². The van der Waals surface area contributed by atoms with Crippen LogP contribution in [0.3, 0.4) is 0 Å². The molecule has 0 atom stereocenters. The molecule has 0 unspecified atom stereocenters. The molecular formula is C18H21N5O2S. The van der Waals surface area contributed by atoms with Crippen LogP contribution in [0.25, 0.3) is 5.69 Å². The number of benzene rings is 1. The molecular weight excluding hydrogens is 350 g/mol. The Morgan fingerprint density at radius 3 is 2.69 bits per heavy atom. The Labute approximate surface area is 156 Å². The predicted molar refractivity (Wildman–Crippen MR) is 99.1 cm³/mol. The van der Waals surface area contributed by atoms with Crippen LogP contribution in [0, 0.1) is 0 Å². The van der Waals surface area contributed by atoms with Gasteiger partial charge < -0.3 is 9.32 Å². The highest BCUT2D eigenvalue weighted by Crippen LogP contribution is 2.21. The Morgan fingerprint density at radius 1 is 1.27 bits per heavy atom. The quantitative estimate of drug-likeness (QED) is 0.594. The number of carbonyl (C=O) groups excluding carboxylic acids is 1. The third-order valence-electron chi connectivity index (χ3n) is 3.97. The predicted octanol–water partition coefficient (Wildman–Crippen LogP) is 3.13. The van der Waals surface area contributed by atoms with E-state index < -0.39 is 0 Å². The van der Waals surface area contributed by atoms with Crippen LogP contribution in [0.2, 0.25) is 0 Å². The van der Waals surface area contributed by atoms with Crippen molar-refractivity contribution in [1.82, 2.24) is 25.1 Å². The lowest BCUT2D eigenvalue weighted by atomic mass is 10.0. The summed E-state index contributed by atoms with van der Waals surface area (Å²) in [4.78, 5) is 13.9. The summed E-state index contributed by atoms with van der Waals surface area (Å²) in [6.07, 6.45) is 1.60. The van der Waals surface area contributed by atoms with Gasteiger partial charge in [0.1, 0.15) is 5.76 Å². The van der Waals surface area contributed by atoms with Crippen molar-refractivity contribution in [2.45, 2.75) is 31.5 Å². The van der Waals surface area contributed by atoms with Gasteiger partial charge in [-0.3, -0.25) is 4.79 Å². The minimum Gasteiger partial charge on any atom is -0.467 e. The topological polar surface area (TPSA) is 77.1 Å². The van der Waals surface area contributed by atoms with E-state index in [9.17, 15) is 4.79 Å². The SMILES string of the molecule is CC(C)c1ccc(-n2nnnc2SCC(=O)N(C)Cc2ccco2)cc1. The Balaban J connectivity index is 1.62. The number of furan rings is 1. The maximum Gasteiger partial charge on any atom is 0.233 e. The summed E-state index contributed by atoms with van der Waals surface area (Å²) >= 11 is 1.31. The minimum atomic E-state index is -0.0175. The zero-order valence-electron chi connectivity index (χ0n) is 15.0. The van der Waals surface area contributed by atoms with E-state index >= 15 is 0 Å². The number of nitrogens with zero attached hydrogens (tertiary/aromatic N) is 5. The summed E-state index contributed by atoms with van der Waals surface area (Å²) in [7, 11) is 1.75. The lowest BCUT2D eigenvalue weighted by Crippen LogP contribution is -2.27. The molecule has 8 heteroatoms. The van der Waals surface area contributed by atoms with E-state index in [1.54, 1.807) is 29.0 Å². The van der Waals surface area contributed by atoms with Crippen LogP contribution >= 0.6 is 11.8 Å². The van der Waals surface area contributed by atoms with E-state index in [1.165, 1.54) is 17.3 Å². The fourth-order valence-corrected chi connectivity index (χ4v) is 3.22. The molecule has 0 spiro atoms. The smallest absolute Gasteiger partial charge is 0.233 e. The van der Waals surface area contributed by atoms with Crippen LogP contribution in [0.4, 0.5) is 0 Å². The number of aromatic nitrogens is 4. The first-order valence-electron chi connectivity index (χ1n) is 8.32. The van der Waals surface area contributed by atoms with Crippen molar-refractivity contribution in [3.8, 4) is 5.69 Å². The molecule has 1 aromatic carbocycles. The van der Waals surface area contributed by atoms with Gasteiger partial charge in [-0.05, 0) is 46.2 Å². The summed E-state index contributed by atoms with van der Waals surface area (Å²) in [5.41, 5.74) is 2.13. The number of rotatable bonds is 7. The van der Waals surface area contributed by atoms with Crippen molar-refractivity contribution in [1.29, 1.82) is 0 Å². The molecule has 0 radical (unpaired) electrons. The van der Waals surface area contributed by atoms with Gasteiger partial charge in [-0.25, -0.2) is 0 Å². The van der Waals surface area contributed by atoms with E-state index in [-0.39, 0.29) is 11.7 Å². The van der Waals surface area contributed by atoms with E-state index in [1.807, 2.05) is 18.2 Å². The number of tetrazole rings is 1. The second kappa shape index (κ2) is 8.18. The molecule has 7 nitrogen and oxygen atoms in total. The molecule has 136 valence electrons. The monoisotopic (exact) mass is 371 g/mol. The first-order valence-corrected chi connectivity index (χ1v) is 9.31. The van der Waals surface area contributed by atoms with E-state index in [4.69, 9.17) is 4.42 Å². The fraction of sp³-hybridized carbons (Fsp3) is 0.333. The molecule has 0 saturated heterocycles. The van der Waals surface area contributed by atoms with Crippen LogP contribution in [0.1, 0.15) is 31.1 Å². The highest BCUT2D eigenvalue weighted by Gasteiger charge is 2.15. The van der Waals surface area contributed by atoms with Crippen LogP contribution in [-0.4, -0.2) is 43.8 Å². The second-order valence-corrected chi connectivity index (χ2v) is 7.18. The van der Waals surface area contributed by atoms with Crippen molar-refractivity contribution in [3.63, 3.8) is 0 Å².